The Kier molecular flexibility index (Phi) is 3.77. The smallest absolute Gasteiger partial charge is 0.146 e. The fraction of sp³-hybridized carbons (Fsp3) is 0.294. The number of ether oxygens (including phenoxy) is 1. The van der Waals surface area contributed by atoms with Crippen molar-refractivity contribution < 1.29 is 9.13 Å². The molecule has 21 heavy (non-hydrogen) atoms. The molecule has 0 saturated carbocycles. The summed E-state index contributed by atoms with van der Waals surface area (Å²) in [4.78, 5) is 0. The maximum Gasteiger partial charge on any atom is 0.146 e. The van der Waals surface area contributed by atoms with Crippen LogP contribution in [0.25, 0.3) is 0 Å². The van der Waals surface area contributed by atoms with Gasteiger partial charge in [-0.1, -0.05) is 42.8 Å². The molecule has 0 saturated heterocycles. The summed E-state index contributed by atoms with van der Waals surface area (Å²) in [6.07, 6.45) is 0.857. The average molecular weight is 306 g/mol. The number of hydrogen-bond donors (Lipinski definition) is 1. The molecule has 0 radical (unpaired) electrons. The highest BCUT2D eigenvalue weighted by Gasteiger charge is 2.28. The van der Waals surface area contributed by atoms with Gasteiger partial charge >= 0.3 is 0 Å². The summed E-state index contributed by atoms with van der Waals surface area (Å²) in [5, 5.41) is 3.43. The maximum absolute atomic E-state index is 13.6. The van der Waals surface area contributed by atoms with Crippen molar-refractivity contribution in [3.63, 3.8) is 0 Å². The number of fused-ring (bicyclic) bond motifs is 1. The monoisotopic (exact) mass is 305 g/mol. The van der Waals surface area contributed by atoms with Gasteiger partial charge in [0.25, 0.3) is 0 Å². The van der Waals surface area contributed by atoms with Gasteiger partial charge < -0.3 is 10.1 Å². The van der Waals surface area contributed by atoms with Gasteiger partial charge in [0.1, 0.15) is 17.7 Å². The second kappa shape index (κ2) is 5.57. The molecule has 0 bridgehead atoms. The lowest BCUT2D eigenvalue weighted by Gasteiger charge is -2.33. The molecule has 0 fully saturated rings. The molecule has 2 aromatic rings. The van der Waals surface area contributed by atoms with E-state index in [0.29, 0.717) is 5.75 Å². The quantitative estimate of drug-likeness (QED) is 0.845. The minimum atomic E-state index is -0.466. The van der Waals surface area contributed by atoms with Gasteiger partial charge in [-0.25, -0.2) is 4.39 Å². The fourth-order valence-electron chi connectivity index (χ4n) is 2.60. The topological polar surface area (TPSA) is 21.3 Å². The van der Waals surface area contributed by atoms with Crippen molar-refractivity contribution in [2.45, 2.75) is 32.4 Å². The minimum Gasteiger partial charge on any atom is -0.481 e. The molecule has 2 aromatic carbocycles. The van der Waals surface area contributed by atoms with E-state index in [4.69, 9.17) is 16.3 Å². The van der Waals surface area contributed by atoms with Crippen molar-refractivity contribution in [3.8, 4) is 5.75 Å². The first-order valence-electron chi connectivity index (χ1n) is 7.09. The van der Waals surface area contributed by atoms with Crippen LogP contribution in [0, 0.1) is 5.82 Å². The largest absolute Gasteiger partial charge is 0.481 e. The third-order valence-electron chi connectivity index (χ3n) is 3.83. The zero-order chi connectivity index (χ0) is 15.0. The van der Waals surface area contributed by atoms with Gasteiger partial charge in [0.2, 0.25) is 0 Å². The Morgan fingerprint density at radius 3 is 2.62 bits per heavy atom. The molecular formula is C17H17ClFNO. The molecule has 0 amide bonds. The second-order valence-corrected chi connectivity index (χ2v) is 5.74. The van der Waals surface area contributed by atoms with Gasteiger partial charge in [0.05, 0.1) is 16.8 Å². The third-order valence-corrected chi connectivity index (χ3v) is 4.12. The number of rotatable bonds is 2. The first-order valence-corrected chi connectivity index (χ1v) is 7.47. The van der Waals surface area contributed by atoms with Crippen LogP contribution in [0.2, 0.25) is 5.02 Å². The van der Waals surface area contributed by atoms with E-state index in [-0.39, 0.29) is 17.2 Å². The van der Waals surface area contributed by atoms with Crippen LogP contribution in [0.3, 0.4) is 0 Å². The van der Waals surface area contributed by atoms with E-state index in [1.165, 1.54) is 11.6 Å². The van der Waals surface area contributed by atoms with E-state index in [0.717, 1.165) is 17.7 Å². The lowest BCUT2D eigenvalue weighted by molar-refractivity contribution is 0.177. The third kappa shape index (κ3) is 2.70. The predicted molar refractivity (Wildman–Crippen MR) is 83.7 cm³/mol. The highest BCUT2D eigenvalue weighted by molar-refractivity contribution is 6.31. The van der Waals surface area contributed by atoms with Gasteiger partial charge in [-0.15, -0.1) is 0 Å². The summed E-state index contributed by atoms with van der Waals surface area (Å²) < 4.78 is 19.6. The van der Waals surface area contributed by atoms with Crippen LogP contribution in [0.15, 0.2) is 36.4 Å². The van der Waals surface area contributed by atoms with Crippen LogP contribution < -0.4 is 10.1 Å². The van der Waals surface area contributed by atoms with Crippen molar-refractivity contribution in [2.75, 3.05) is 5.32 Å². The average Bonchev–Trinajstić information content (AvgIpc) is 2.49. The summed E-state index contributed by atoms with van der Waals surface area (Å²) in [7, 11) is 0. The highest BCUT2D eigenvalue weighted by atomic mass is 35.5. The van der Waals surface area contributed by atoms with Crippen molar-refractivity contribution in [1.82, 2.24) is 0 Å². The van der Waals surface area contributed by atoms with Gasteiger partial charge in [0.15, 0.2) is 0 Å². The van der Waals surface area contributed by atoms with E-state index in [9.17, 15) is 4.39 Å². The molecule has 1 aliphatic rings. The second-order valence-electron chi connectivity index (χ2n) is 5.33. The summed E-state index contributed by atoms with van der Waals surface area (Å²) in [5.74, 6) is 0.0337. The van der Waals surface area contributed by atoms with E-state index in [1.807, 2.05) is 6.92 Å². The summed E-state index contributed by atoms with van der Waals surface area (Å²) in [6, 6.07) is 11.3. The zero-order valence-electron chi connectivity index (χ0n) is 12.0. The lowest BCUT2D eigenvalue weighted by atomic mass is 9.99. The number of halogens is 2. The van der Waals surface area contributed by atoms with Crippen molar-refractivity contribution in [2.24, 2.45) is 0 Å². The van der Waals surface area contributed by atoms with Crippen LogP contribution in [0.1, 0.15) is 31.1 Å². The Bertz CT molecular complexity index is 657. The first-order chi connectivity index (χ1) is 10.1. The molecule has 1 heterocycles. The molecule has 1 N–H and O–H groups in total. The summed E-state index contributed by atoms with van der Waals surface area (Å²) >= 11 is 5.81. The Labute approximate surface area is 128 Å². The maximum atomic E-state index is 13.6. The van der Waals surface area contributed by atoms with Crippen LogP contribution in [0.5, 0.6) is 5.75 Å². The molecule has 4 heteroatoms. The molecule has 110 valence electrons. The number of anilines is 1. The molecule has 3 rings (SSSR count). The normalized spacial score (nSPS) is 20.4. The summed E-state index contributed by atoms with van der Waals surface area (Å²) in [5.41, 5.74) is 3.09. The van der Waals surface area contributed by atoms with Crippen LogP contribution >= 0.6 is 11.6 Å². The first kappa shape index (κ1) is 14.2. The predicted octanol–water partition coefficient (Wildman–Crippen LogP) is 4.98. The Morgan fingerprint density at radius 2 is 1.95 bits per heavy atom. The molecule has 1 aliphatic heterocycles. The standard InChI is InChI=1S/C17H17ClFNO/c1-3-11-4-6-12(7-5-11)17-10(2)20-15-8-13(18)14(19)9-16(15)21-17/h4-10,17,20H,3H2,1-2H3. The molecule has 2 unspecified atom stereocenters. The zero-order valence-corrected chi connectivity index (χ0v) is 12.7. The van der Waals surface area contributed by atoms with E-state index < -0.39 is 5.82 Å². The van der Waals surface area contributed by atoms with Crippen LogP contribution in [-0.4, -0.2) is 6.04 Å². The van der Waals surface area contributed by atoms with Crippen molar-refractivity contribution >= 4 is 17.3 Å². The molecule has 0 aliphatic carbocycles. The Balaban J connectivity index is 1.92. The number of aryl methyl sites for hydroxylation is 1. The van der Waals surface area contributed by atoms with Gasteiger partial charge in [-0.2, -0.15) is 0 Å². The molecule has 2 atom stereocenters. The molecule has 2 nitrogen and oxygen atoms in total. The van der Waals surface area contributed by atoms with Crippen molar-refractivity contribution in [3.05, 3.63) is 58.4 Å². The fourth-order valence-corrected chi connectivity index (χ4v) is 2.76. The molecule has 0 aromatic heterocycles. The van der Waals surface area contributed by atoms with Gasteiger partial charge in [-0.3, -0.25) is 0 Å². The number of benzene rings is 2. The Hall–Kier alpha value is -1.74. The molecular weight excluding hydrogens is 289 g/mol. The molecule has 0 spiro atoms. The number of hydrogen-bond acceptors (Lipinski definition) is 2. The van der Waals surface area contributed by atoms with E-state index in [1.54, 1.807) is 6.07 Å². The van der Waals surface area contributed by atoms with Crippen LogP contribution in [-0.2, 0) is 6.42 Å². The lowest BCUT2D eigenvalue weighted by Crippen LogP contribution is -2.32. The van der Waals surface area contributed by atoms with Crippen molar-refractivity contribution in [1.29, 1.82) is 0 Å². The van der Waals surface area contributed by atoms with Gasteiger partial charge in [0, 0.05) is 6.07 Å². The number of nitrogens with one attached hydrogen (secondary N) is 1. The van der Waals surface area contributed by atoms with Gasteiger partial charge in [-0.05, 0) is 30.5 Å². The van der Waals surface area contributed by atoms with E-state index >= 15 is 0 Å². The Morgan fingerprint density at radius 1 is 1.24 bits per heavy atom. The van der Waals surface area contributed by atoms with E-state index in [2.05, 4.69) is 36.5 Å². The SMILES string of the molecule is CCc1ccc(C2Oc3cc(F)c(Cl)cc3NC2C)cc1. The van der Waals surface area contributed by atoms with Crippen LogP contribution in [0.4, 0.5) is 10.1 Å². The summed E-state index contributed by atoms with van der Waals surface area (Å²) in [6.45, 7) is 4.16. The highest BCUT2D eigenvalue weighted by Crippen LogP contribution is 2.39. The minimum absolute atomic E-state index is 0.0755.